The highest BCUT2D eigenvalue weighted by Gasteiger charge is 2.27. The van der Waals surface area contributed by atoms with Gasteiger partial charge in [-0.05, 0) is 31.1 Å². The molecule has 0 bridgehead atoms. The van der Waals surface area contributed by atoms with Crippen LogP contribution in [0, 0.1) is 0 Å². The maximum absolute atomic E-state index is 3.80. The molecule has 1 aliphatic heterocycles. The van der Waals surface area contributed by atoms with Crippen molar-refractivity contribution in [2.45, 2.75) is 19.9 Å². The van der Waals surface area contributed by atoms with Crippen LogP contribution in [-0.4, -0.2) is 24.6 Å². The molecular weight excluding hydrogens is 146 g/mol. The Kier molecular flexibility index (Phi) is 2.25. The molecule has 0 aromatic carbocycles. The molecule has 12 heavy (non-hydrogen) atoms. The second-order valence-corrected chi connectivity index (χ2v) is 3.96. The molecule has 0 amide bonds. The number of allylic oxidation sites excluding steroid dienone is 3. The third-order valence-corrected chi connectivity index (χ3v) is 2.94. The fourth-order valence-electron chi connectivity index (χ4n) is 1.50. The van der Waals surface area contributed by atoms with E-state index in [4.69, 9.17) is 0 Å². The molecule has 0 fully saturated rings. The summed E-state index contributed by atoms with van der Waals surface area (Å²) in [6.07, 6.45) is 6.30. The Morgan fingerprint density at radius 3 is 2.58 bits per heavy atom. The Labute approximate surface area is 75.3 Å². The lowest BCUT2D eigenvalue weighted by Gasteiger charge is -2.36. The molecule has 1 aliphatic rings. The Balaban J connectivity index is 3.07. The summed E-state index contributed by atoms with van der Waals surface area (Å²) in [5, 5.41) is 0. The van der Waals surface area contributed by atoms with E-state index in [1.54, 1.807) is 0 Å². The molecule has 0 aromatic heterocycles. The van der Waals surface area contributed by atoms with Gasteiger partial charge in [0.1, 0.15) is 6.04 Å². The normalized spacial score (nSPS) is 27.5. The van der Waals surface area contributed by atoms with Gasteiger partial charge in [0.05, 0.1) is 20.3 Å². The van der Waals surface area contributed by atoms with E-state index in [0.717, 1.165) is 4.48 Å². The summed E-state index contributed by atoms with van der Waals surface area (Å²) in [7, 11) is 4.43. The molecule has 0 N–H and O–H groups in total. The van der Waals surface area contributed by atoms with Crippen molar-refractivity contribution in [1.29, 1.82) is 0 Å². The van der Waals surface area contributed by atoms with Crippen molar-refractivity contribution in [2.24, 2.45) is 0 Å². The van der Waals surface area contributed by atoms with E-state index in [1.807, 2.05) is 6.08 Å². The van der Waals surface area contributed by atoms with Gasteiger partial charge in [0, 0.05) is 0 Å². The van der Waals surface area contributed by atoms with E-state index in [0.29, 0.717) is 6.04 Å². The van der Waals surface area contributed by atoms with Gasteiger partial charge in [-0.1, -0.05) is 12.7 Å². The molecule has 0 saturated heterocycles. The first-order chi connectivity index (χ1) is 5.49. The first kappa shape index (κ1) is 9.27. The second kappa shape index (κ2) is 2.91. The summed E-state index contributed by atoms with van der Waals surface area (Å²) in [6.45, 7) is 8.24. The first-order valence-electron chi connectivity index (χ1n) is 4.35. The van der Waals surface area contributed by atoms with Crippen LogP contribution in [0.15, 0.2) is 36.1 Å². The van der Waals surface area contributed by atoms with Crippen LogP contribution in [0.3, 0.4) is 0 Å². The SMILES string of the molecule is C=CC1=C(C)C(C)[N+](C)(C)C=C1. The third kappa shape index (κ3) is 1.37. The van der Waals surface area contributed by atoms with Crippen LogP contribution in [-0.2, 0) is 0 Å². The Bertz CT molecular complexity index is 256. The van der Waals surface area contributed by atoms with Gasteiger partial charge in [-0.3, -0.25) is 4.48 Å². The molecule has 66 valence electrons. The summed E-state index contributed by atoms with van der Waals surface area (Å²) in [6, 6.07) is 0.558. The number of nitrogens with zero attached hydrogens (tertiary/aromatic N) is 1. The fraction of sp³-hybridized carbons (Fsp3) is 0.455. The largest absolute Gasteiger partial charge is 0.296 e. The zero-order valence-electron chi connectivity index (χ0n) is 8.46. The molecule has 0 radical (unpaired) electrons. The summed E-state index contributed by atoms with van der Waals surface area (Å²) in [5.74, 6) is 0. The average molecular weight is 164 g/mol. The Morgan fingerprint density at radius 1 is 1.50 bits per heavy atom. The number of rotatable bonds is 1. The molecule has 1 atom stereocenters. The van der Waals surface area contributed by atoms with Crippen LogP contribution in [0.1, 0.15) is 13.8 Å². The van der Waals surface area contributed by atoms with Crippen LogP contribution in [0.2, 0.25) is 0 Å². The zero-order valence-corrected chi connectivity index (χ0v) is 8.46. The highest BCUT2D eigenvalue weighted by atomic mass is 15.3. The molecule has 1 rings (SSSR count). The molecular formula is C11H18N+. The lowest BCUT2D eigenvalue weighted by atomic mass is 9.98. The lowest BCUT2D eigenvalue weighted by Crippen LogP contribution is -2.44. The minimum Gasteiger partial charge on any atom is -0.296 e. The molecule has 1 nitrogen and oxygen atoms in total. The maximum atomic E-state index is 3.80. The van der Waals surface area contributed by atoms with Crippen molar-refractivity contribution in [2.75, 3.05) is 14.1 Å². The predicted molar refractivity (Wildman–Crippen MR) is 53.6 cm³/mol. The summed E-state index contributed by atoms with van der Waals surface area (Å²) in [5.41, 5.74) is 2.71. The number of hydrogen-bond acceptors (Lipinski definition) is 0. The van der Waals surface area contributed by atoms with Crippen molar-refractivity contribution < 1.29 is 4.48 Å². The molecule has 1 heterocycles. The highest BCUT2D eigenvalue weighted by Crippen LogP contribution is 2.25. The minimum atomic E-state index is 0.558. The van der Waals surface area contributed by atoms with E-state index in [-0.39, 0.29) is 0 Å². The molecule has 0 aromatic rings. The Hall–Kier alpha value is -0.820. The summed E-state index contributed by atoms with van der Waals surface area (Å²) >= 11 is 0. The lowest BCUT2D eigenvalue weighted by molar-refractivity contribution is -0.858. The van der Waals surface area contributed by atoms with Gasteiger partial charge in [-0.2, -0.15) is 0 Å². The van der Waals surface area contributed by atoms with Crippen LogP contribution < -0.4 is 0 Å². The minimum absolute atomic E-state index is 0.558. The number of quaternary nitrogens is 1. The van der Waals surface area contributed by atoms with Gasteiger partial charge in [0.15, 0.2) is 0 Å². The number of likely N-dealkylation sites (N-methyl/N-ethyl adjacent to an activating group) is 1. The van der Waals surface area contributed by atoms with Crippen LogP contribution in [0.4, 0.5) is 0 Å². The van der Waals surface area contributed by atoms with Crippen molar-refractivity contribution in [3.05, 3.63) is 36.1 Å². The van der Waals surface area contributed by atoms with Crippen LogP contribution >= 0.6 is 0 Å². The van der Waals surface area contributed by atoms with Crippen molar-refractivity contribution in [3.8, 4) is 0 Å². The molecule has 0 aliphatic carbocycles. The zero-order chi connectivity index (χ0) is 9.35. The fourth-order valence-corrected chi connectivity index (χ4v) is 1.50. The Morgan fingerprint density at radius 2 is 2.08 bits per heavy atom. The predicted octanol–water partition coefficient (Wildman–Crippen LogP) is 2.48. The quantitative estimate of drug-likeness (QED) is 0.522. The van der Waals surface area contributed by atoms with E-state index < -0.39 is 0 Å². The number of hydrogen-bond donors (Lipinski definition) is 0. The van der Waals surface area contributed by atoms with Gasteiger partial charge < -0.3 is 0 Å². The molecule has 0 saturated carbocycles. The molecule has 1 heteroatoms. The van der Waals surface area contributed by atoms with Crippen molar-refractivity contribution in [3.63, 3.8) is 0 Å². The smallest absolute Gasteiger partial charge is 0.112 e. The molecule has 0 spiro atoms. The van der Waals surface area contributed by atoms with Crippen molar-refractivity contribution >= 4 is 0 Å². The van der Waals surface area contributed by atoms with E-state index in [2.05, 4.69) is 46.8 Å². The molecule has 1 unspecified atom stereocenters. The summed E-state index contributed by atoms with van der Waals surface area (Å²) in [4.78, 5) is 0. The summed E-state index contributed by atoms with van der Waals surface area (Å²) < 4.78 is 0.934. The van der Waals surface area contributed by atoms with E-state index in [1.165, 1.54) is 11.1 Å². The first-order valence-corrected chi connectivity index (χ1v) is 4.35. The topological polar surface area (TPSA) is 0 Å². The van der Waals surface area contributed by atoms with Gasteiger partial charge in [0.2, 0.25) is 0 Å². The van der Waals surface area contributed by atoms with Crippen LogP contribution in [0.5, 0.6) is 0 Å². The highest BCUT2D eigenvalue weighted by molar-refractivity contribution is 5.36. The third-order valence-electron chi connectivity index (χ3n) is 2.94. The maximum Gasteiger partial charge on any atom is 0.112 e. The van der Waals surface area contributed by atoms with E-state index in [9.17, 15) is 0 Å². The van der Waals surface area contributed by atoms with Gasteiger partial charge in [0.25, 0.3) is 0 Å². The average Bonchev–Trinajstić information content (AvgIpc) is 2.01. The van der Waals surface area contributed by atoms with Crippen LogP contribution in [0.25, 0.3) is 0 Å². The second-order valence-electron chi connectivity index (χ2n) is 3.96. The van der Waals surface area contributed by atoms with Gasteiger partial charge in [-0.25, -0.2) is 0 Å². The van der Waals surface area contributed by atoms with Crippen molar-refractivity contribution in [1.82, 2.24) is 0 Å². The monoisotopic (exact) mass is 164 g/mol. The van der Waals surface area contributed by atoms with Gasteiger partial charge >= 0.3 is 0 Å². The van der Waals surface area contributed by atoms with Gasteiger partial charge in [-0.15, -0.1) is 0 Å². The standard InChI is InChI=1S/C11H18N/c1-6-11-7-8-12(4,5)10(3)9(11)2/h6-8,10H,1H2,2-5H3/q+1. The van der Waals surface area contributed by atoms with E-state index >= 15 is 0 Å².